The lowest BCUT2D eigenvalue weighted by atomic mass is 10.2. The van der Waals surface area contributed by atoms with Crippen LogP contribution < -0.4 is 26.0 Å². The lowest BCUT2D eigenvalue weighted by Gasteiger charge is -2.17. The van der Waals surface area contributed by atoms with Gasteiger partial charge in [0, 0.05) is 29.9 Å². The summed E-state index contributed by atoms with van der Waals surface area (Å²) in [6.07, 6.45) is 0.222. The highest BCUT2D eigenvalue weighted by Gasteiger charge is 2.31. The van der Waals surface area contributed by atoms with Gasteiger partial charge >= 0.3 is 6.03 Å². The summed E-state index contributed by atoms with van der Waals surface area (Å²) in [5.41, 5.74) is 6.82. The van der Waals surface area contributed by atoms with E-state index in [0.29, 0.717) is 23.5 Å². The average molecular weight is 368 g/mol. The van der Waals surface area contributed by atoms with E-state index < -0.39 is 11.9 Å². The first-order valence-corrected chi connectivity index (χ1v) is 8.38. The summed E-state index contributed by atoms with van der Waals surface area (Å²) < 4.78 is 5.12. The van der Waals surface area contributed by atoms with Crippen LogP contribution in [0, 0.1) is 0 Å². The van der Waals surface area contributed by atoms with Gasteiger partial charge < -0.3 is 26.0 Å². The van der Waals surface area contributed by atoms with Gasteiger partial charge in [-0.15, -0.1) is 0 Å². The second-order valence-corrected chi connectivity index (χ2v) is 6.14. The maximum atomic E-state index is 12.3. The maximum absolute atomic E-state index is 12.3. The van der Waals surface area contributed by atoms with Crippen LogP contribution in [0.3, 0.4) is 0 Å². The number of amides is 4. The van der Waals surface area contributed by atoms with Crippen molar-refractivity contribution in [1.82, 2.24) is 5.32 Å². The fourth-order valence-corrected chi connectivity index (χ4v) is 2.89. The van der Waals surface area contributed by atoms with Gasteiger partial charge in [0.25, 0.3) is 0 Å². The van der Waals surface area contributed by atoms with Crippen LogP contribution in [0.4, 0.5) is 16.2 Å². The number of anilines is 2. The third kappa shape index (κ3) is 4.35. The molecule has 1 aliphatic heterocycles. The van der Waals surface area contributed by atoms with E-state index in [1.165, 1.54) is 12.1 Å². The van der Waals surface area contributed by atoms with Crippen molar-refractivity contribution in [1.29, 1.82) is 0 Å². The van der Waals surface area contributed by atoms with Crippen molar-refractivity contribution in [3.8, 4) is 5.75 Å². The number of ether oxygens (including phenoxy) is 1. The number of nitrogens with zero attached hydrogens (tertiary/aromatic N) is 1. The molecule has 4 amide bonds. The number of nitrogens with two attached hydrogens (primary N) is 1. The van der Waals surface area contributed by atoms with Crippen molar-refractivity contribution in [3.05, 3.63) is 54.1 Å². The Bertz CT molecular complexity index is 849. The van der Waals surface area contributed by atoms with Gasteiger partial charge in [-0.3, -0.25) is 9.59 Å². The minimum absolute atomic E-state index is 0.0590. The molecule has 1 atom stereocenters. The van der Waals surface area contributed by atoms with Gasteiger partial charge in [-0.1, -0.05) is 0 Å². The average Bonchev–Trinajstić information content (AvgIpc) is 3.02. The highest BCUT2D eigenvalue weighted by molar-refractivity contribution is 5.98. The Morgan fingerprint density at radius 1 is 1.11 bits per heavy atom. The Kier molecular flexibility index (Phi) is 5.25. The molecule has 27 heavy (non-hydrogen) atoms. The number of urea groups is 1. The van der Waals surface area contributed by atoms with Crippen LogP contribution in [0.25, 0.3) is 0 Å². The zero-order valence-corrected chi connectivity index (χ0v) is 14.8. The molecule has 1 fully saturated rings. The minimum Gasteiger partial charge on any atom is -0.497 e. The first kappa shape index (κ1) is 18.2. The molecule has 2 aromatic carbocycles. The Morgan fingerprint density at radius 3 is 2.37 bits per heavy atom. The third-order valence-corrected chi connectivity index (χ3v) is 4.27. The molecule has 0 unspecified atom stereocenters. The number of hydrogen-bond donors (Lipinski definition) is 3. The zero-order chi connectivity index (χ0) is 19.4. The van der Waals surface area contributed by atoms with Crippen LogP contribution in [0.1, 0.15) is 16.8 Å². The van der Waals surface area contributed by atoms with E-state index in [1.807, 2.05) is 0 Å². The zero-order valence-electron chi connectivity index (χ0n) is 14.8. The van der Waals surface area contributed by atoms with Crippen molar-refractivity contribution in [3.63, 3.8) is 0 Å². The van der Waals surface area contributed by atoms with E-state index in [-0.39, 0.29) is 18.4 Å². The smallest absolute Gasteiger partial charge is 0.319 e. The van der Waals surface area contributed by atoms with Gasteiger partial charge in [-0.05, 0) is 48.5 Å². The summed E-state index contributed by atoms with van der Waals surface area (Å²) in [4.78, 5) is 37.1. The first-order chi connectivity index (χ1) is 13.0. The highest BCUT2D eigenvalue weighted by atomic mass is 16.5. The predicted octanol–water partition coefficient (Wildman–Crippen LogP) is 1.72. The highest BCUT2D eigenvalue weighted by Crippen LogP contribution is 2.24. The number of carbonyl (C=O) groups excluding carboxylic acids is 3. The Balaban J connectivity index is 1.57. The summed E-state index contributed by atoms with van der Waals surface area (Å²) >= 11 is 0. The van der Waals surface area contributed by atoms with Gasteiger partial charge in [-0.25, -0.2) is 4.79 Å². The molecule has 1 saturated heterocycles. The number of rotatable bonds is 5. The van der Waals surface area contributed by atoms with E-state index in [0.717, 1.165) is 5.69 Å². The molecule has 4 N–H and O–H groups in total. The minimum atomic E-state index is -0.533. The molecule has 0 radical (unpaired) electrons. The molecule has 8 nitrogen and oxygen atoms in total. The summed E-state index contributed by atoms with van der Waals surface area (Å²) in [6.45, 7) is 0.388. The fourth-order valence-electron chi connectivity index (χ4n) is 2.89. The van der Waals surface area contributed by atoms with Gasteiger partial charge in [0.05, 0.1) is 13.2 Å². The van der Waals surface area contributed by atoms with Crippen molar-refractivity contribution in [2.75, 3.05) is 23.9 Å². The summed E-state index contributed by atoms with van der Waals surface area (Å²) in [5.74, 6) is 0.118. The van der Waals surface area contributed by atoms with Crippen LogP contribution in [-0.4, -0.2) is 37.5 Å². The lowest BCUT2D eigenvalue weighted by molar-refractivity contribution is -0.117. The van der Waals surface area contributed by atoms with Crippen LogP contribution in [0.2, 0.25) is 0 Å². The molecule has 3 rings (SSSR count). The van der Waals surface area contributed by atoms with Gasteiger partial charge in [-0.2, -0.15) is 0 Å². The topological polar surface area (TPSA) is 114 Å². The largest absolute Gasteiger partial charge is 0.497 e. The number of carbonyl (C=O) groups is 3. The normalized spacial score (nSPS) is 16.1. The van der Waals surface area contributed by atoms with Gasteiger partial charge in [0.1, 0.15) is 5.75 Å². The summed E-state index contributed by atoms with van der Waals surface area (Å²) in [7, 11) is 1.58. The molecule has 0 saturated carbocycles. The van der Waals surface area contributed by atoms with Crippen molar-refractivity contribution in [2.24, 2.45) is 5.73 Å². The van der Waals surface area contributed by atoms with Gasteiger partial charge in [0.15, 0.2) is 0 Å². The molecule has 1 aliphatic rings. The lowest BCUT2D eigenvalue weighted by Crippen LogP contribution is -2.39. The van der Waals surface area contributed by atoms with E-state index >= 15 is 0 Å². The number of primary amides is 1. The SMILES string of the molecule is COc1ccc(N2C[C@@H](NC(=O)Nc3ccc(C(N)=O)cc3)CC2=O)cc1. The van der Waals surface area contributed by atoms with Crippen LogP contribution >= 0.6 is 0 Å². The Hall–Kier alpha value is -3.55. The first-order valence-electron chi connectivity index (χ1n) is 8.38. The molecule has 0 bridgehead atoms. The molecule has 1 heterocycles. The van der Waals surface area contributed by atoms with E-state index in [2.05, 4.69) is 10.6 Å². The van der Waals surface area contributed by atoms with Crippen LogP contribution in [0.15, 0.2) is 48.5 Å². The Morgan fingerprint density at radius 2 is 1.78 bits per heavy atom. The van der Waals surface area contributed by atoms with Crippen LogP contribution in [0.5, 0.6) is 5.75 Å². The fraction of sp³-hybridized carbons (Fsp3) is 0.211. The molecular weight excluding hydrogens is 348 g/mol. The number of benzene rings is 2. The van der Waals surface area contributed by atoms with E-state index in [1.54, 1.807) is 48.4 Å². The molecule has 0 aromatic heterocycles. The third-order valence-electron chi connectivity index (χ3n) is 4.27. The standard InChI is InChI=1S/C19H20N4O4/c1-27-16-8-6-15(7-9-16)23-11-14(10-17(23)24)22-19(26)21-13-4-2-12(3-5-13)18(20)25/h2-9,14H,10-11H2,1H3,(H2,20,25)(H2,21,22,26)/t14-/m0/s1. The second-order valence-electron chi connectivity index (χ2n) is 6.14. The Labute approximate surface area is 156 Å². The summed E-state index contributed by atoms with van der Waals surface area (Å²) in [6, 6.07) is 12.7. The van der Waals surface area contributed by atoms with Crippen molar-refractivity contribution in [2.45, 2.75) is 12.5 Å². The van der Waals surface area contributed by atoms with Gasteiger partial charge in [0.2, 0.25) is 11.8 Å². The van der Waals surface area contributed by atoms with Crippen molar-refractivity contribution >= 4 is 29.2 Å². The van der Waals surface area contributed by atoms with Crippen molar-refractivity contribution < 1.29 is 19.1 Å². The molecule has 140 valence electrons. The second kappa shape index (κ2) is 7.77. The molecule has 0 aliphatic carbocycles. The van der Waals surface area contributed by atoms with E-state index in [9.17, 15) is 14.4 Å². The van der Waals surface area contributed by atoms with Crippen LogP contribution in [-0.2, 0) is 4.79 Å². The molecular formula is C19H20N4O4. The number of methoxy groups -OCH3 is 1. The monoisotopic (exact) mass is 368 g/mol. The molecule has 2 aromatic rings. The molecule has 0 spiro atoms. The number of hydrogen-bond acceptors (Lipinski definition) is 4. The predicted molar refractivity (Wildman–Crippen MR) is 101 cm³/mol. The quantitative estimate of drug-likeness (QED) is 0.745. The number of nitrogens with one attached hydrogen (secondary N) is 2. The molecule has 8 heteroatoms. The summed E-state index contributed by atoms with van der Waals surface area (Å²) in [5, 5.41) is 5.46. The maximum Gasteiger partial charge on any atom is 0.319 e. The van der Waals surface area contributed by atoms with E-state index in [4.69, 9.17) is 10.5 Å².